The van der Waals surface area contributed by atoms with Crippen molar-refractivity contribution in [1.82, 2.24) is 5.32 Å². The molecule has 0 aromatic heterocycles. The fourth-order valence-electron chi connectivity index (χ4n) is 1.87. The maximum Gasteiger partial charge on any atom is 0.129 e. The maximum atomic E-state index is 13.5. The molecule has 18 heavy (non-hydrogen) atoms. The topological polar surface area (TPSA) is 32.3 Å². The first-order chi connectivity index (χ1) is 8.46. The van der Waals surface area contributed by atoms with Crippen molar-refractivity contribution < 1.29 is 9.50 Å². The Kier molecular flexibility index (Phi) is 6.06. The molecule has 0 aliphatic heterocycles. The Balaban J connectivity index is 2.46. The monoisotopic (exact) mass is 273 g/mol. The van der Waals surface area contributed by atoms with Crippen LogP contribution in [-0.2, 0) is 6.54 Å². The van der Waals surface area contributed by atoms with Crippen molar-refractivity contribution in [2.24, 2.45) is 5.41 Å². The third-order valence-electron chi connectivity index (χ3n) is 2.98. The highest BCUT2D eigenvalue weighted by molar-refractivity contribution is 6.31. The number of rotatable bonds is 7. The van der Waals surface area contributed by atoms with E-state index in [0.29, 0.717) is 17.1 Å². The highest BCUT2D eigenvalue weighted by atomic mass is 35.5. The molecule has 4 heteroatoms. The largest absolute Gasteiger partial charge is 0.396 e. The van der Waals surface area contributed by atoms with Crippen LogP contribution in [0, 0.1) is 11.2 Å². The summed E-state index contributed by atoms with van der Waals surface area (Å²) < 4.78 is 13.5. The van der Waals surface area contributed by atoms with Crippen LogP contribution in [0.1, 0.15) is 32.3 Å². The van der Waals surface area contributed by atoms with E-state index in [4.69, 9.17) is 16.7 Å². The summed E-state index contributed by atoms with van der Waals surface area (Å²) in [6.07, 6.45) is 1.72. The Morgan fingerprint density at radius 3 is 2.72 bits per heavy atom. The van der Waals surface area contributed by atoms with Crippen LogP contribution >= 0.6 is 11.6 Å². The lowest BCUT2D eigenvalue weighted by molar-refractivity contribution is 0.236. The summed E-state index contributed by atoms with van der Waals surface area (Å²) in [7, 11) is 0. The molecule has 0 fully saturated rings. The quantitative estimate of drug-likeness (QED) is 0.798. The van der Waals surface area contributed by atoms with Crippen LogP contribution in [-0.4, -0.2) is 18.3 Å². The molecular weight excluding hydrogens is 253 g/mol. The van der Waals surface area contributed by atoms with Crippen LogP contribution in [0.25, 0.3) is 0 Å². The molecule has 0 heterocycles. The van der Waals surface area contributed by atoms with Crippen molar-refractivity contribution >= 4 is 11.6 Å². The van der Waals surface area contributed by atoms with E-state index in [9.17, 15) is 4.39 Å². The van der Waals surface area contributed by atoms with E-state index < -0.39 is 0 Å². The fraction of sp³-hybridized carbons (Fsp3) is 0.571. The first kappa shape index (κ1) is 15.4. The summed E-state index contributed by atoms with van der Waals surface area (Å²) in [5.41, 5.74) is 0.595. The van der Waals surface area contributed by atoms with E-state index in [-0.39, 0.29) is 17.8 Å². The summed E-state index contributed by atoms with van der Waals surface area (Å²) in [6, 6.07) is 4.71. The second-order valence-corrected chi connectivity index (χ2v) is 5.70. The van der Waals surface area contributed by atoms with Crippen molar-refractivity contribution in [3.63, 3.8) is 0 Å². The fourth-order valence-corrected chi connectivity index (χ4v) is 2.10. The van der Waals surface area contributed by atoms with Crippen molar-refractivity contribution in [3.8, 4) is 0 Å². The van der Waals surface area contributed by atoms with Gasteiger partial charge in [-0.1, -0.05) is 31.5 Å². The molecule has 2 N–H and O–H groups in total. The lowest BCUT2D eigenvalue weighted by atomic mass is 9.88. The van der Waals surface area contributed by atoms with Crippen LogP contribution in [0.3, 0.4) is 0 Å². The average molecular weight is 274 g/mol. The van der Waals surface area contributed by atoms with E-state index in [0.717, 1.165) is 19.4 Å². The number of halogens is 2. The Morgan fingerprint density at radius 1 is 1.39 bits per heavy atom. The molecule has 0 spiro atoms. The number of hydrogen-bond acceptors (Lipinski definition) is 2. The van der Waals surface area contributed by atoms with Gasteiger partial charge in [-0.3, -0.25) is 0 Å². The van der Waals surface area contributed by atoms with E-state index in [1.165, 1.54) is 6.07 Å². The standard InChI is InChI=1S/C14H21ClFNO/c1-14(2,7-4-8-18)10-17-9-11-12(15)5-3-6-13(11)16/h3,5-6,17-18H,4,7-10H2,1-2H3. The van der Waals surface area contributed by atoms with Gasteiger partial charge in [0.2, 0.25) is 0 Å². The number of aliphatic hydroxyl groups is 1. The molecule has 1 aromatic rings. The van der Waals surface area contributed by atoms with Crippen LogP contribution in [0.5, 0.6) is 0 Å². The van der Waals surface area contributed by atoms with Gasteiger partial charge in [-0.05, 0) is 30.4 Å². The van der Waals surface area contributed by atoms with Crippen LogP contribution in [0.2, 0.25) is 5.02 Å². The Hall–Kier alpha value is -0.640. The average Bonchev–Trinajstić information content (AvgIpc) is 2.30. The molecule has 0 aliphatic carbocycles. The van der Waals surface area contributed by atoms with E-state index in [1.54, 1.807) is 12.1 Å². The zero-order valence-electron chi connectivity index (χ0n) is 11.0. The van der Waals surface area contributed by atoms with Crippen LogP contribution in [0.4, 0.5) is 4.39 Å². The summed E-state index contributed by atoms with van der Waals surface area (Å²) in [4.78, 5) is 0. The minimum absolute atomic E-state index is 0.0838. The van der Waals surface area contributed by atoms with Gasteiger partial charge in [0.15, 0.2) is 0 Å². The van der Waals surface area contributed by atoms with Gasteiger partial charge >= 0.3 is 0 Å². The molecule has 1 rings (SSSR count). The minimum Gasteiger partial charge on any atom is -0.396 e. The molecular formula is C14H21ClFNO. The lowest BCUT2D eigenvalue weighted by Gasteiger charge is -2.25. The first-order valence-corrected chi connectivity index (χ1v) is 6.58. The smallest absolute Gasteiger partial charge is 0.129 e. The molecule has 0 amide bonds. The number of aliphatic hydroxyl groups excluding tert-OH is 1. The zero-order chi connectivity index (χ0) is 13.6. The third kappa shape index (κ3) is 4.92. The SMILES string of the molecule is CC(C)(CCCO)CNCc1c(F)cccc1Cl. The van der Waals surface area contributed by atoms with Crippen molar-refractivity contribution in [2.45, 2.75) is 33.2 Å². The van der Waals surface area contributed by atoms with Gasteiger partial charge < -0.3 is 10.4 Å². The second-order valence-electron chi connectivity index (χ2n) is 5.30. The molecule has 0 saturated heterocycles. The molecule has 102 valence electrons. The Labute approximate surface area is 113 Å². The predicted molar refractivity (Wildman–Crippen MR) is 73.2 cm³/mol. The predicted octanol–water partition coefficient (Wildman–Crippen LogP) is 3.37. The summed E-state index contributed by atoms with van der Waals surface area (Å²) in [5.74, 6) is -0.275. The van der Waals surface area contributed by atoms with E-state index in [2.05, 4.69) is 19.2 Å². The van der Waals surface area contributed by atoms with Crippen molar-refractivity contribution in [2.75, 3.05) is 13.2 Å². The first-order valence-electron chi connectivity index (χ1n) is 6.21. The van der Waals surface area contributed by atoms with Gasteiger partial charge in [-0.15, -0.1) is 0 Å². The molecule has 2 nitrogen and oxygen atoms in total. The van der Waals surface area contributed by atoms with Crippen molar-refractivity contribution in [1.29, 1.82) is 0 Å². The highest BCUT2D eigenvalue weighted by Gasteiger charge is 2.17. The normalized spacial score (nSPS) is 11.8. The number of hydrogen-bond donors (Lipinski definition) is 2. The van der Waals surface area contributed by atoms with Gasteiger partial charge in [-0.2, -0.15) is 0 Å². The van der Waals surface area contributed by atoms with Gasteiger partial charge in [0, 0.05) is 30.3 Å². The van der Waals surface area contributed by atoms with Gasteiger partial charge in [-0.25, -0.2) is 4.39 Å². The molecule has 0 radical (unpaired) electrons. The van der Waals surface area contributed by atoms with E-state index >= 15 is 0 Å². The van der Waals surface area contributed by atoms with E-state index in [1.807, 2.05) is 0 Å². The third-order valence-corrected chi connectivity index (χ3v) is 3.33. The molecule has 0 aliphatic rings. The maximum absolute atomic E-state index is 13.5. The summed E-state index contributed by atoms with van der Waals surface area (Å²) in [5, 5.41) is 12.5. The molecule has 0 atom stereocenters. The number of nitrogens with one attached hydrogen (secondary N) is 1. The van der Waals surface area contributed by atoms with Gasteiger partial charge in [0.1, 0.15) is 5.82 Å². The highest BCUT2D eigenvalue weighted by Crippen LogP contribution is 2.22. The molecule has 1 aromatic carbocycles. The van der Waals surface area contributed by atoms with Crippen molar-refractivity contribution in [3.05, 3.63) is 34.6 Å². The lowest BCUT2D eigenvalue weighted by Crippen LogP contribution is -2.29. The number of benzene rings is 1. The van der Waals surface area contributed by atoms with Crippen LogP contribution < -0.4 is 5.32 Å². The van der Waals surface area contributed by atoms with Gasteiger partial charge in [0.25, 0.3) is 0 Å². The minimum atomic E-state index is -0.275. The summed E-state index contributed by atoms with van der Waals surface area (Å²) in [6.45, 7) is 5.64. The Morgan fingerprint density at radius 2 is 2.11 bits per heavy atom. The molecule has 0 bridgehead atoms. The molecule has 0 unspecified atom stereocenters. The van der Waals surface area contributed by atoms with Crippen LogP contribution in [0.15, 0.2) is 18.2 Å². The van der Waals surface area contributed by atoms with Gasteiger partial charge in [0.05, 0.1) is 0 Å². The summed E-state index contributed by atoms with van der Waals surface area (Å²) >= 11 is 5.95. The zero-order valence-corrected chi connectivity index (χ0v) is 11.7. The Bertz CT molecular complexity index is 362. The second kappa shape index (κ2) is 7.07. The molecule has 0 saturated carbocycles.